The van der Waals surface area contributed by atoms with Gasteiger partial charge >= 0.3 is 5.97 Å². The third kappa shape index (κ3) is 8.31. The topological polar surface area (TPSA) is 114 Å². The minimum Gasteiger partial charge on any atom is -0.504 e. The molecule has 8 nitrogen and oxygen atoms in total. The lowest BCUT2D eigenvalue weighted by Crippen LogP contribution is -2.27. The van der Waals surface area contributed by atoms with Crippen molar-refractivity contribution in [1.29, 1.82) is 0 Å². The zero-order valence-corrected chi connectivity index (χ0v) is 26.0. The number of carbonyl (C=O) groups is 2. The molecule has 0 radical (unpaired) electrons. The predicted octanol–water partition coefficient (Wildman–Crippen LogP) is 6.32. The molecular weight excluding hydrogens is 546 g/mol. The standard InChI is InChI=1S/C35H47NO7/c1-5-14-36-21-25-16-24-8-6-7-9-28(24)30(31-20-35(42-4)33(40)19-29(25)31)18-26(38)17-27(43-22(2)37)12-10-23-11-13-32(39)34(15-23)41-3/h11,13,15-16,19-20,24,27-28,30,36,39-40H,5-10,12,14,17-18,21H2,1-4H3/t24-,27+,28-,30-/m0/s1. The number of rotatable bonds is 14. The van der Waals surface area contributed by atoms with E-state index < -0.39 is 12.1 Å². The Kier molecular flexibility index (Phi) is 11.5. The van der Waals surface area contributed by atoms with Crippen molar-refractivity contribution in [2.24, 2.45) is 11.8 Å². The molecule has 2 aromatic rings. The summed E-state index contributed by atoms with van der Waals surface area (Å²) in [6, 6.07) is 8.87. The largest absolute Gasteiger partial charge is 0.504 e. The van der Waals surface area contributed by atoms with E-state index in [0.717, 1.165) is 60.9 Å². The molecule has 2 aliphatic carbocycles. The highest BCUT2D eigenvalue weighted by atomic mass is 16.5. The quantitative estimate of drug-likeness (QED) is 0.172. The number of ketones is 1. The van der Waals surface area contributed by atoms with Gasteiger partial charge in [-0.25, -0.2) is 0 Å². The van der Waals surface area contributed by atoms with Crippen LogP contribution in [0, 0.1) is 11.8 Å². The lowest BCUT2D eigenvalue weighted by molar-refractivity contribution is -0.147. The number of allylic oxidation sites excluding steroid dienone is 1. The van der Waals surface area contributed by atoms with Crippen LogP contribution in [-0.4, -0.2) is 55.4 Å². The average molecular weight is 594 g/mol. The number of nitrogens with one attached hydrogen (secondary N) is 1. The third-order valence-electron chi connectivity index (χ3n) is 8.88. The first-order chi connectivity index (χ1) is 20.7. The number of methoxy groups -OCH3 is 2. The monoisotopic (exact) mass is 593 g/mol. The van der Waals surface area contributed by atoms with Crippen molar-refractivity contribution in [2.45, 2.75) is 83.7 Å². The molecule has 3 N–H and O–H groups in total. The maximum absolute atomic E-state index is 13.8. The first kappa shape index (κ1) is 32.4. The Hall–Kier alpha value is -3.52. The van der Waals surface area contributed by atoms with Crippen molar-refractivity contribution in [2.75, 3.05) is 27.3 Å². The number of fused-ring (bicyclic) bond motifs is 2. The normalized spacial score (nSPS) is 20.2. The molecule has 2 aliphatic rings. The summed E-state index contributed by atoms with van der Waals surface area (Å²) in [5, 5.41) is 24.2. The maximum atomic E-state index is 13.8. The Morgan fingerprint density at radius 3 is 2.49 bits per heavy atom. The van der Waals surface area contributed by atoms with Gasteiger partial charge in [-0.1, -0.05) is 31.9 Å². The summed E-state index contributed by atoms with van der Waals surface area (Å²) in [6.45, 7) is 5.11. The molecule has 0 saturated heterocycles. The lowest BCUT2D eigenvalue weighted by Gasteiger charge is -2.35. The van der Waals surface area contributed by atoms with E-state index in [1.807, 2.05) is 6.07 Å². The number of benzene rings is 2. The van der Waals surface area contributed by atoms with Crippen molar-refractivity contribution in [3.63, 3.8) is 0 Å². The van der Waals surface area contributed by atoms with Crippen LogP contribution >= 0.6 is 0 Å². The first-order valence-corrected chi connectivity index (χ1v) is 15.6. The van der Waals surface area contributed by atoms with E-state index in [2.05, 4.69) is 18.3 Å². The van der Waals surface area contributed by atoms with Crippen LogP contribution in [0.15, 0.2) is 36.4 Å². The van der Waals surface area contributed by atoms with Crippen LogP contribution < -0.4 is 14.8 Å². The Labute approximate surface area is 255 Å². The van der Waals surface area contributed by atoms with E-state index in [-0.39, 0.29) is 29.6 Å². The zero-order chi connectivity index (χ0) is 30.9. The first-order valence-electron chi connectivity index (χ1n) is 15.6. The van der Waals surface area contributed by atoms with E-state index in [4.69, 9.17) is 14.2 Å². The van der Waals surface area contributed by atoms with E-state index in [9.17, 15) is 19.8 Å². The van der Waals surface area contributed by atoms with Gasteiger partial charge in [-0.3, -0.25) is 9.59 Å². The molecule has 4 atom stereocenters. The molecule has 0 aliphatic heterocycles. The van der Waals surface area contributed by atoms with E-state index >= 15 is 0 Å². The number of ether oxygens (including phenoxy) is 3. The molecule has 2 aromatic carbocycles. The van der Waals surface area contributed by atoms with Gasteiger partial charge in [0, 0.05) is 26.3 Å². The molecule has 0 unspecified atom stereocenters. The van der Waals surface area contributed by atoms with Gasteiger partial charge in [0.25, 0.3) is 0 Å². The Balaban J connectivity index is 1.59. The van der Waals surface area contributed by atoms with Gasteiger partial charge in [0.05, 0.1) is 14.2 Å². The summed E-state index contributed by atoms with van der Waals surface area (Å²) in [5.41, 5.74) is 4.11. The molecule has 0 bridgehead atoms. The molecule has 1 saturated carbocycles. The van der Waals surface area contributed by atoms with Gasteiger partial charge in [-0.05, 0) is 103 Å². The maximum Gasteiger partial charge on any atom is 0.302 e. The van der Waals surface area contributed by atoms with Gasteiger partial charge in [0.15, 0.2) is 23.0 Å². The van der Waals surface area contributed by atoms with E-state index in [1.165, 1.54) is 14.0 Å². The van der Waals surface area contributed by atoms with Crippen LogP contribution in [0.25, 0.3) is 5.57 Å². The molecule has 0 spiro atoms. The highest BCUT2D eigenvalue weighted by Crippen LogP contribution is 2.50. The van der Waals surface area contributed by atoms with Crippen LogP contribution in [0.2, 0.25) is 0 Å². The van der Waals surface area contributed by atoms with Crippen molar-refractivity contribution < 1.29 is 34.0 Å². The molecular formula is C35H47NO7. The molecule has 0 heterocycles. The van der Waals surface area contributed by atoms with Crippen molar-refractivity contribution >= 4 is 17.3 Å². The zero-order valence-electron chi connectivity index (χ0n) is 26.0. The number of hydrogen-bond acceptors (Lipinski definition) is 8. The van der Waals surface area contributed by atoms with Gasteiger partial charge in [0.2, 0.25) is 0 Å². The molecule has 43 heavy (non-hydrogen) atoms. The number of Topliss-reactive ketones (excluding diaryl/α,β-unsaturated/α-hetero) is 1. The lowest BCUT2D eigenvalue weighted by atomic mass is 9.69. The average Bonchev–Trinajstić information content (AvgIpc) is 3.10. The second-order valence-corrected chi connectivity index (χ2v) is 11.9. The fourth-order valence-electron chi connectivity index (χ4n) is 6.85. The Morgan fingerprint density at radius 2 is 1.77 bits per heavy atom. The van der Waals surface area contributed by atoms with Crippen LogP contribution in [-0.2, 0) is 20.7 Å². The molecule has 4 rings (SSSR count). The number of hydrogen-bond donors (Lipinski definition) is 3. The number of phenols is 2. The van der Waals surface area contributed by atoms with Gasteiger partial charge < -0.3 is 29.7 Å². The molecule has 1 fully saturated rings. The van der Waals surface area contributed by atoms with E-state index in [0.29, 0.717) is 49.1 Å². The summed E-state index contributed by atoms with van der Waals surface area (Å²) < 4.78 is 16.4. The van der Waals surface area contributed by atoms with Crippen LogP contribution in [0.3, 0.4) is 0 Å². The Bertz CT molecular complexity index is 1300. The predicted molar refractivity (Wildman–Crippen MR) is 167 cm³/mol. The smallest absolute Gasteiger partial charge is 0.302 e. The molecule has 234 valence electrons. The number of esters is 1. The van der Waals surface area contributed by atoms with Crippen molar-refractivity contribution in [3.05, 3.63) is 53.1 Å². The molecule has 0 amide bonds. The summed E-state index contributed by atoms with van der Waals surface area (Å²) >= 11 is 0. The van der Waals surface area contributed by atoms with Gasteiger partial charge in [0.1, 0.15) is 11.9 Å². The highest BCUT2D eigenvalue weighted by Gasteiger charge is 2.38. The minimum absolute atomic E-state index is 0.0402. The number of aromatic hydroxyl groups is 2. The summed E-state index contributed by atoms with van der Waals surface area (Å²) in [6.07, 6.45) is 8.76. The SMILES string of the molecule is CCCNCC1=C[C@@H]2CCCC[C@@H]2[C@H](CC(=O)C[C@@H](CCc2ccc(O)c(OC)c2)OC(C)=O)c2cc(OC)c(O)cc21. The van der Waals surface area contributed by atoms with Crippen LogP contribution in [0.4, 0.5) is 0 Å². The summed E-state index contributed by atoms with van der Waals surface area (Å²) in [7, 11) is 3.05. The number of carbonyl (C=O) groups excluding carboxylic acids is 2. The van der Waals surface area contributed by atoms with Gasteiger partial charge in [-0.15, -0.1) is 0 Å². The second kappa shape index (κ2) is 15.3. The summed E-state index contributed by atoms with van der Waals surface area (Å²) in [5.74, 6) is 1.19. The fraction of sp³-hybridized carbons (Fsp3) is 0.543. The summed E-state index contributed by atoms with van der Waals surface area (Å²) in [4.78, 5) is 25.8. The van der Waals surface area contributed by atoms with Crippen molar-refractivity contribution in [3.8, 4) is 23.0 Å². The second-order valence-electron chi connectivity index (χ2n) is 11.9. The minimum atomic E-state index is -0.557. The number of phenolic OH excluding ortho intramolecular Hbond substituents is 2. The third-order valence-corrected chi connectivity index (χ3v) is 8.88. The van der Waals surface area contributed by atoms with Crippen LogP contribution in [0.1, 0.15) is 87.8 Å². The molecule has 0 aromatic heterocycles. The fourth-order valence-corrected chi connectivity index (χ4v) is 6.85. The Morgan fingerprint density at radius 1 is 1.02 bits per heavy atom. The highest BCUT2D eigenvalue weighted by molar-refractivity contribution is 5.82. The number of aryl methyl sites for hydroxylation is 1. The van der Waals surface area contributed by atoms with E-state index in [1.54, 1.807) is 31.4 Å². The van der Waals surface area contributed by atoms with Crippen molar-refractivity contribution in [1.82, 2.24) is 5.32 Å². The molecule has 8 heteroatoms. The van der Waals surface area contributed by atoms with Gasteiger partial charge in [-0.2, -0.15) is 0 Å². The van der Waals surface area contributed by atoms with Crippen LogP contribution in [0.5, 0.6) is 23.0 Å².